The second-order valence-electron chi connectivity index (χ2n) is 4.36. The van der Waals surface area contributed by atoms with Gasteiger partial charge >= 0.3 is 0 Å². The highest BCUT2D eigenvalue weighted by Crippen LogP contribution is 2.24. The minimum absolute atomic E-state index is 0.111. The lowest BCUT2D eigenvalue weighted by Crippen LogP contribution is -2.18. The Kier molecular flexibility index (Phi) is 4.47. The van der Waals surface area contributed by atoms with Crippen LogP contribution in [0.4, 0.5) is 4.39 Å². The SMILES string of the molecule is COc1ccccc1[C@@H](C)NCc1cncc(F)c1. The molecule has 3 nitrogen and oxygen atoms in total. The molecule has 0 unspecified atom stereocenters. The van der Waals surface area contributed by atoms with Gasteiger partial charge in [-0.3, -0.25) is 4.98 Å². The van der Waals surface area contributed by atoms with Crippen LogP contribution in [0, 0.1) is 5.82 Å². The molecule has 19 heavy (non-hydrogen) atoms. The van der Waals surface area contributed by atoms with Gasteiger partial charge in [0.2, 0.25) is 0 Å². The Hall–Kier alpha value is -1.94. The van der Waals surface area contributed by atoms with E-state index in [0.717, 1.165) is 16.9 Å². The summed E-state index contributed by atoms with van der Waals surface area (Å²) in [6.45, 7) is 2.61. The van der Waals surface area contributed by atoms with Crippen molar-refractivity contribution in [1.82, 2.24) is 10.3 Å². The molecule has 0 aliphatic rings. The molecule has 0 aliphatic carbocycles. The van der Waals surface area contributed by atoms with Crippen molar-refractivity contribution in [3.05, 3.63) is 59.7 Å². The van der Waals surface area contributed by atoms with Gasteiger partial charge in [0.05, 0.1) is 13.3 Å². The second kappa shape index (κ2) is 6.29. The second-order valence-corrected chi connectivity index (χ2v) is 4.36. The van der Waals surface area contributed by atoms with Gasteiger partial charge in [-0.1, -0.05) is 18.2 Å². The maximum atomic E-state index is 13.0. The van der Waals surface area contributed by atoms with Crippen LogP contribution < -0.4 is 10.1 Å². The third kappa shape index (κ3) is 3.51. The van der Waals surface area contributed by atoms with Crippen LogP contribution in [0.3, 0.4) is 0 Å². The van der Waals surface area contributed by atoms with Crippen LogP contribution in [-0.4, -0.2) is 12.1 Å². The van der Waals surface area contributed by atoms with Crippen molar-refractivity contribution in [3.8, 4) is 5.75 Å². The van der Waals surface area contributed by atoms with Crippen LogP contribution >= 0.6 is 0 Å². The van der Waals surface area contributed by atoms with E-state index < -0.39 is 0 Å². The lowest BCUT2D eigenvalue weighted by molar-refractivity contribution is 0.401. The number of nitrogens with one attached hydrogen (secondary N) is 1. The zero-order chi connectivity index (χ0) is 13.7. The Morgan fingerprint density at radius 3 is 2.84 bits per heavy atom. The molecule has 0 bridgehead atoms. The summed E-state index contributed by atoms with van der Waals surface area (Å²) >= 11 is 0. The van der Waals surface area contributed by atoms with Crippen molar-refractivity contribution in [3.63, 3.8) is 0 Å². The lowest BCUT2D eigenvalue weighted by atomic mass is 10.1. The highest BCUT2D eigenvalue weighted by Gasteiger charge is 2.10. The molecular formula is C15H17FN2O. The molecule has 2 aromatic rings. The topological polar surface area (TPSA) is 34.1 Å². The van der Waals surface area contributed by atoms with Gasteiger partial charge < -0.3 is 10.1 Å². The third-order valence-electron chi connectivity index (χ3n) is 2.98. The minimum Gasteiger partial charge on any atom is -0.496 e. The van der Waals surface area contributed by atoms with Crippen LogP contribution in [0.25, 0.3) is 0 Å². The predicted octanol–water partition coefficient (Wildman–Crippen LogP) is 3.08. The van der Waals surface area contributed by atoms with Crippen molar-refractivity contribution < 1.29 is 9.13 Å². The van der Waals surface area contributed by atoms with Crippen LogP contribution in [0.1, 0.15) is 24.1 Å². The number of benzene rings is 1. The van der Waals surface area contributed by atoms with Crippen molar-refractivity contribution >= 4 is 0 Å². The van der Waals surface area contributed by atoms with Gasteiger partial charge in [0.25, 0.3) is 0 Å². The molecule has 0 spiro atoms. The first-order chi connectivity index (χ1) is 9.20. The van der Waals surface area contributed by atoms with Crippen LogP contribution in [0.2, 0.25) is 0 Å². The molecule has 1 aromatic heterocycles. The molecule has 1 aromatic carbocycles. The molecule has 1 N–H and O–H groups in total. The maximum absolute atomic E-state index is 13.0. The van der Waals surface area contributed by atoms with Gasteiger partial charge in [0, 0.05) is 24.3 Å². The molecule has 0 amide bonds. The Morgan fingerprint density at radius 2 is 2.11 bits per heavy atom. The molecule has 4 heteroatoms. The molecule has 0 radical (unpaired) electrons. The van der Waals surface area contributed by atoms with E-state index >= 15 is 0 Å². The summed E-state index contributed by atoms with van der Waals surface area (Å²) in [6, 6.07) is 9.44. The Labute approximate surface area is 112 Å². The zero-order valence-corrected chi connectivity index (χ0v) is 11.1. The summed E-state index contributed by atoms with van der Waals surface area (Å²) < 4.78 is 18.3. The molecule has 2 rings (SSSR count). The quantitative estimate of drug-likeness (QED) is 0.897. The number of nitrogens with zero attached hydrogens (tertiary/aromatic N) is 1. The first-order valence-corrected chi connectivity index (χ1v) is 6.16. The van der Waals surface area contributed by atoms with Gasteiger partial charge in [0.1, 0.15) is 11.6 Å². The van der Waals surface area contributed by atoms with Crippen molar-refractivity contribution in [2.24, 2.45) is 0 Å². The van der Waals surface area contributed by atoms with E-state index in [1.807, 2.05) is 31.2 Å². The minimum atomic E-state index is -0.316. The first-order valence-electron chi connectivity index (χ1n) is 6.16. The summed E-state index contributed by atoms with van der Waals surface area (Å²) in [4.78, 5) is 3.83. The molecule has 0 aliphatic heterocycles. The van der Waals surface area contributed by atoms with E-state index in [4.69, 9.17) is 4.74 Å². The first kappa shape index (κ1) is 13.5. The predicted molar refractivity (Wildman–Crippen MR) is 72.4 cm³/mol. The standard InChI is InChI=1S/C15H17FN2O/c1-11(14-5-3-4-6-15(14)19-2)18-9-12-7-13(16)10-17-8-12/h3-8,10-11,18H,9H2,1-2H3/t11-/m1/s1. The fourth-order valence-electron chi connectivity index (χ4n) is 1.96. The number of aromatic nitrogens is 1. The fraction of sp³-hybridized carbons (Fsp3) is 0.267. The highest BCUT2D eigenvalue weighted by molar-refractivity contribution is 5.35. The molecule has 0 saturated carbocycles. The zero-order valence-electron chi connectivity index (χ0n) is 11.1. The smallest absolute Gasteiger partial charge is 0.141 e. The summed E-state index contributed by atoms with van der Waals surface area (Å²) in [6.07, 6.45) is 2.86. The normalized spacial score (nSPS) is 12.2. The summed E-state index contributed by atoms with van der Waals surface area (Å²) in [5.41, 5.74) is 1.90. The number of hydrogen-bond acceptors (Lipinski definition) is 3. The summed E-state index contributed by atoms with van der Waals surface area (Å²) in [5, 5.41) is 3.33. The van der Waals surface area contributed by atoms with Gasteiger partial charge in [-0.2, -0.15) is 0 Å². The average Bonchev–Trinajstić information content (AvgIpc) is 2.45. The number of halogens is 1. The van der Waals surface area contributed by atoms with E-state index in [1.54, 1.807) is 13.3 Å². The van der Waals surface area contributed by atoms with Crippen LogP contribution in [0.5, 0.6) is 5.75 Å². The van der Waals surface area contributed by atoms with E-state index in [0.29, 0.717) is 6.54 Å². The molecule has 100 valence electrons. The molecule has 1 heterocycles. The molecular weight excluding hydrogens is 243 g/mol. The van der Waals surface area contributed by atoms with Crippen LogP contribution in [-0.2, 0) is 6.54 Å². The Balaban J connectivity index is 2.03. The molecule has 0 fully saturated rings. The number of hydrogen-bond donors (Lipinski definition) is 1. The Morgan fingerprint density at radius 1 is 1.32 bits per heavy atom. The number of rotatable bonds is 5. The number of pyridine rings is 1. The summed E-state index contributed by atoms with van der Waals surface area (Å²) in [5.74, 6) is 0.532. The van der Waals surface area contributed by atoms with E-state index in [2.05, 4.69) is 10.3 Å². The number of para-hydroxylation sites is 1. The maximum Gasteiger partial charge on any atom is 0.141 e. The van der Waals surface area contributed by atoms with E-state index in [9.17, 15) is 4.39 Å². The summed E-state index contributed by atoms with van der Waals surface area (Å²) in [7, 11) is 1.65. The third-order valence-corrected chi connectivity index (χ3v) is 2.98. The Bertz CT molecular complexity index is 545. The molecule has 0 saturated heterocycles. The fourth-order valence-corrected chi connectivity index (χ4v) is 1.96. The van der Waals surface area contributed by atoms with Gasteiger partial charge in [-0.25, -0.2) is 4.39 Å². The average molecular weight is 260 g/mol. The van der Waals surface area contributed by atoms with Gasteiger partial charge in [0.15, 0.2) is 0 Å². The van der Waals surface area contributed by atoms with Gasteiger partial charge in [-0.05, 0) is 24.6 Å². The number of methoxy groups -OCH3 is 1. The van der Waals surface area contributed by atoms with Crippen molar-refractivity contribution in [2.75, 3.05) is 7.11 Å². The van der Waals surface area contributed by atoms with E-state index in [-0.39, 0.29) is 11.9 Å². The molecule has 1 atom stereocenters. The van der Waals surface area contributed by atoms with Crippen molar-refractivity contribution in [1.29, 1.82) is 0 Å². The van der Waals surface area contributed by atoms with Gasteiger partial charge in [-0.15, -0.1) is 0 Å². The monoisotopic (exact) mass is 260 g/mol. The van der Waals surface area contributed by atoms with E-state index in [1.165, 1.54) is 12.3 Å². The van der Waals surface area contributed by atoms with Crippen LogP contribution in [0.15, 0.2) is 42.7 Å². The largest absolute Gasteiger partial charge is 0.496 e. The highest BCUT2D eigenvalue weighted by atomic mass is 19.1. The number of ether oxygens (including phenoxy) is 1. The lowest BCUT2D eigenvalue weighted by Gasteiger charge is -2.17. The van der Waals surface area contributed by atoms with Crippen molar-refractivity contribution in [2.45, 2.75) is 19.5 Å².